The molecule has 1 saturated heterocycles. The molecule has 1 aliphatic heterocycles. The Morgan fingerprint density at radius 2 is 1.80 bits per heavy atom. The second-order valence-corrected chi connectivity index (χ2v) is 7.11. The Kier molecular flexibility index (Phi) is 4.52. The molecule has 8 nitrogen and oxygen atoms in total. The van der Waals surface area contributed by atoms with Gasteiger partial charge >= 0.3 is 0 Å². The van der Waals surface area contributed by atoms with Crippen LogP contribution in [0.2, 0.25) is 0 Å². The number of piperidine rings is 1. The molecule has 8 heteroatoms. The van der Waals surface area contributed by atoms with Gasteiger partial charge in [0.25, 0.3) is 0 Å². The van der Waals surface area contributed by atoms with Crippen molar-refractivity contribution < 1.29 is 4.42 Å². The zero-order valence-corrected chi connectivity index (χ0v) is 14.9. The fourth-order valence-electron chi connectivity index (χ4n) is 3.56. The van der Waals surface area contributed by atoms with Gasteiger partial charge in [-0.1, -0.05) is 0 Å². The Morgan fingerprint density at radius 1 is 1.08 bits per heavy atom. The van der Waals surface area contributed by atoms with E-state index in [2.05, 4.69) is 36.0 Å². The summed E-state index contributed by atoms with van der Waals surface area (Å²) in [6.45, 7) is 2.83. The van der Waals surface area contributed by atoms with Crippen molar-refractivity contribution >= 4 is 11.6 Å². The number of hydrogen-bond donors (Lipinski definition) is 0. The third-order valence-corrected chi connectivity index (χ3v) is 5.02. The molecule has 0 unspecified atom stereocenters. The molecule has 3 heterocycles. The van der Waals surface area contributed by atoms with Gasteiger partial charge < -0.3 is 14.2 Å². The first-order chi connectivity index (χ1) is 12.2. The highest BCUT2D eigenvalue weighted by molar-refractivity contribution is 5.51. The van der Waals surface area contributed by atoms with Crippen molar-refractivity contribution in [3.05, 3.63) is 24.7 Å². The van der Waals surface area contributed by atoms with Crippen molar-refractivity contribution in [2.75, 3.05) is 37.0 Å². The molecule has 1 aliphatic carbocycles. The molecule has 134 valence electrons. The zero-order chi connectivity index (χ0) is 17.2. The van der Waals surface area contributed by atoms with Crippen LogP contribution in [0.3, 0.4) is 0 Å². The molecular weight excluding hydrogens is 318 g/mol. The number of hydrogen-bond acceptors (Lipinski definition) is 8. The molecule has 0 radical (unpaired) electrons. The molecule has 0 spiro atoms. The minimum Gasteiger partial charge on any atom is -0.427 e. The molecule has 2 aromatic heterocycles. The molecule has 2 fully saturated rings. The van der Waals surface area contributed by atoms with Crippen molar-refractivity contribution in [1.82, 2.24) is 25.1 Å². The fraction of sp³-hybridized carbons (Fsp3) is 0.647. The highest BCUT2D eigenvalue weighted by atomic mass is 16.4. The van der Waals surface area contributed by atoms with Crippen LogP contribution in [0.5, 0.6) is 0 Å². The summed E-state index contributed by atoms with van der Waals surface area (Å²) in [5.74, 6) is 2.73. The third kappa shape index (κ3) is 3.73. The molecule has 2 aliphatic rings. The van der Waals surface area contributed by atoms with Crippen LogP contribution in [0.4, 0.5) is 11.6 Å². The van der Waals surface area contributed by atoms with Crippen LogP contribution in [0.1, 0.15) is 31.6 Å². The lowest BCUT2D eigenvalue weighted by Crippen LogP contribution is -2.46. The Labute approximate surface area is 147 Å². The number of aromatic nitrogens is 4. The average molecular weight is 343 g/mol. The van der Waals surface area contributed by atoms with E-state index in [0.29, 0.717) is 18.0 Å². The van der Waals surface area contributed by atoms with Gasteiger partial charge in [0.05, 0.1) is 6.54 Å². The van der Waals surface area contributed by atoms with Crippen LogP contribution in [-0.2, 0) is 6.54 Å². The van der Waals surface area contributed by atoms with Crippen LogP contribution in [0.25, 0.3) is 0 Å². The maximum Gasteiger partial charge on any atom is 0.230 e. The van der Waals surface area contributed by atoms with Crippen LogP contribution in [-0.4, -0.2) is 64.3 Å². The zero-order valence-electron chi connectivity index (χ0n) is 14.9. The van der Waals surface area contributed by atoms with Crippen LogP contribution >= 0.6 is 0 Å². The second kappa shape index (κ2) is 6.95. The first-order valence-electron chi connectivity index (χ1n) is 8.96. The molecular formula is C17H25N7O. The summed E-state index contributed by atoms with van der Waals surface area (Å²) in [4.78, 5) is 15.9. The molecule has 0 bridgehead atoms. The predicted molar refractivity (Wildman–Crippen MR) is 94.5 cm³/mol. The minimum absolute atomic E-state index is 0.538. The van der Waals surface area contributed by atoms with E-state index in [1.54, 1.807) is 6.33 Å². The van der Waals surface area contributed by atoms with E-state index in [9.17, 15) is 0 Å². The molecule has 25 heavy (non-hydrogen) atoms. The van der Waals surface area contributed by atoms with E-state index in [4.69, 9.17) is 4.42 Å². The Hall–Kier alpha value is -2.22. The van der Waals surface area contributed by atoms with Crippen molar-refractivity contribution in [2.45, 2.75) is 44.3 Å². The lowest BCUT2D eigenvalue weighted by Gasteiger charge is -2.39. The molecule has 0 atom stereocenters. The first-order valence-corrected chi connectivity index (χ1v) is 8.96. The van der Waals surface area contributed by atoms with Gasteiger partial charge in [-0.25, -0.2) is 9.97 Å². The molecule has 2 aromatic rings. The number of anilines is 2. The summed E-state index contributed by atoms with van der Waals surface area (Å²) >= 11 is 0. The lowest BCUT2D eigenvalue weighted by molar-refractivity contribution is 0.184. The fourth-order valence-corrected chi connectivity index (χ4v) is 3.56. The van der Waals surface area contributed by atoms with Crippen LogP contribution in [0, 0.1) is 0 Å². The van der Waals surface area contributed by atoms with Crippen LogP contribution in [0.15, 0.2) is 23.2 Å². The summed E-state index contributed by atoms with van der Waals surface area (Å²) in [7, 11) is 4.03. The van der Waals surface area contributed by atoms with Crippen molar-refractivity contribution in [3.63, 3.8) is 0 Å². The molecule has 0 amide bonds. The Bertz CT molecular complexity index is 678. The van der Waals surface area contributed by atoms with Crippen molar-refractivity contribution in [2.24, 2.45) is 0 Å². The second-order valence-electron chi connectivity index (χ2n) is 7.11. The third-order valence-electron chi connectivity index (χ3n) is 5.02. The average Bonchev–Trinajstić information content (AvgIpc) is 3.32. The normalized spacial score (nSPS) is 19.1. The van der Waals surface area contributed by atoms with Gasteiger partial charge in [-0.2, -0.15) is 0 Å². The Balaban J connectivity index is 1.43. The maximum atomic E-state index is 5.27. The van der Waals surface area contributed by atoms with Gasteiger partial charge in [-0.15, -0.1) is 10.2 Å². The largest absolute Gasteiger partial charge is 0.427 e. The van der Waals surface area contributed by atoms with Gasteiger partial charge in [0.15, 0.2) is 0 Å². The summed E-state index contributed by atoms with van der Waals surface area (Å²) in [5, 5.41) is 7.74. The van der Waals surface area contributed by atoms with E-state index in [1.807, 2.05) is 19.0 Å². The molecule has 0 aromatic carbocycles. The summed E-state index contributed by atoms with van der Waals surface area (Å²) in [6, 6.07) is 3.29. The molecule has 1 saturated carbocycles. The quantitative estimate of drug-likeness (QED) is 0.782. The number of nitrogens with zero attached hydrogens (tertiary/aromatic N) is 7. The maximum absolute atomic E-state index is 5.27. The van der Waals surface area contributed by atoms with E-state index >= 15 is 0 Å². The van der Waals surface area contributed by atoms with Gasteiger partial charge in [-0.05, 0) is 25.7 Å². The first kappa shape index (κ1) is 16.3. The summed E-state index contributed by atoms with van der Waals surface area (Å²) in [6.07, 6.45) is 7.88. The van der Waals surface area contributed by atoms with Crippen molar-refractivity contribution in [3.8, 4) is 0 Å². The number of likely N-dealkylation sites (tertiary alicyclic amines) is 1. The SMILES string of the molecule is CN(C)c1cc(N(C2CC2)C2CCN(Cc3nnco3)CC2)ncn1. The van der Waals surface area contributed by atoms with Gasteiger partial charge in [0.1, 0.15) is 18.0 Å². The van der Waals surface area contributed by atoms with Crippen LogP contribution < -0.4 is 9.80 Å². The Morgan fingerprint density at radius 3 is 2.44 bits per heavy atom. The minimum atomic E-state index is 0.538. The highest BCUT2D eigenvalue weighted by Gasteiger charge is 2.36. The van der Waals surface area contributed by atoms with Gasteiger partial charge in [0.2, 0.25) is 12.3 Å². The van der Waals surface area contributed by atoms with E-state index in [1.165, 1.54) is 19.2 Å². The smallest absolute Gasteiger partial charge is 0.230 e. The number of rotatable bonds is 6. The lowest BCUT2D eigenvalue weighted by atomic mass is 10.0. The van der Waals surface area contributed by atoms with E-state index in [0.717, 1.165) is 44.1 Å². The van der Waals surface area contributed by atoms with E-state index in [-0.39, 0.29) is 0 Å². The monoisotopic (exact) mass is 343 g/mol. The summed E-state index contributed by atoms with van der Waals surface area (Å²) in [5.41, 5.74) is 0. The predicted octanol–water partition coefficient (Wildman–Crippen LogP) is 1.56. The topological polar surface area (TPSA) is 74.4 Å². The highest BCUT2D eigenvalue weighted by Crippen LogP contribution is 2.36. The van der Waals surface area contributed by atoms with E-state index < -0.39 is 0 Å². The molecule has 4 rings (SSSR count). The standard InChI is InChI=1S/C17H25N7O/c1-22(2)15-9-16(19-11-18-15)24(13-3-4-13)14-5-7-23(8-6-14)10-17-21-20-12-25-17/h9,11-14H,3-8,10H2,1-2H3. The molecule has 0 N–H and O–H groups in total. The van der Waals surface area contributed by atoms with Gasteiger partial charge in [-0.3, -0.25) is 4.90 Å². The summed E-state index contributed by atoms with van der Waals surface area (Å²) < 4.78 is 5.27. The van der Waals surface area contributed by atoms with Crippen molar-refractivity contribution in [1.29, 1.82) is 0 Å². The van der Waals surface area contributed by atoms with Gasteiger partial charge in [0, 0.05) is 45.3 Å².